The van der Waals surface area contributed by atoms with Crippen molar-refractivity contribution in [3.63, 3.8) is 0 Å². The van der Waals surface area contributed by atoms with Crippen LogP contribution in [0.2, 0.25) is 0 Å². The van der Waals surface area contributed by atoms with Crippen LogP contribution in [0.3, 0.4) is 0 Å². The minimum atomic E-state index is -0.977. The Labute approximate surface area is 114 Å². The van der Waals surface area contributed by atoms with Gasteiger partial charge in [0.2, 0.25) is 5.91 Å². The molecule has 1 aromatic rings. The topological polar surface area (TPSA) is 66.4 Å². The highest BCUT2D eigenvalue weighted by molar-refractivity contribution is 5.79. The largest absolute Gasteiger partial charge is 0.481 e. The molecule has 2 rings (SSSR count). The van der Waals surface area contributed by atoms with Gasteiger partial charge >= 0.3 is 5.97 Å². The summed E-state index contributed by atoms with van der Waals surface area (Å²) >= 11 is 0. The third-order valence-corrected chi connectivity index (χ3v) is 3.30. The molecule has 2 N–H and O–H groups in total. The van der Waals surface area contributed by atoms with Crippen LogP contribution in [0.1, 0.15) is 24.8 Å². The Morgan fingerprint density at radius 2 is 2.05 bits per heavy atom. The first kappa shape index (κ1) is 14.4. The van der Waals surface area contributed by atoms with E-state index < -0.39 is 29.6 Å². The van der Waals surface area contributed by atoms with Gasteiger partial charge in [-0.25, -0.2) is 8.78 Å². The number of carbonyl (C=O) groups is 2. The number of halogens is 2. The number of nitrogens with one attached hydrogen (secondary N) is 1. The minimum Gasteiger partial charge on any atom is -0.481 e. The lowest BCUT2D eigenvalue weighted by atomic mass is 10.1. The van der Waals surface area contributed by atoms with Gasteiger partial charge in [-0.1, -0.05) is 6.07 Å². The first-order valence-corrected chi connectivity index (χ1v) is 6.41. The zero-order valence-corrected chi connectivity index (χ0v) is 10.7. The van der Waals surface area contributed by atoms with Crippen LogP contribution in [0.5, 0.6) is 0 Å². The average Bonchev–Trinajstić information content (AvgIpc) is 3.15. The van der Waals surface area contributed by atoms with Gasteiger partial charge < -0.3 is 10.4 Å². The molecule has 0 aliphatic heterocycles. The molecule has 1 aromatic carbocycles. The highest BCUT2D eigenvalue weighted by Crippen LogP contribution is 2.34. The summed E-state index contributed by atoms with van der Waals surface area (Å²) in [5.41, 5.74) is 0.0915. The van der Waals surface area contributed by atoms with Crippen molar-refractivity contribution < 1.29 is 23.5 Å². The maximum atomic E-state index is 13.4. The van der Waals surface area contributed by atoms with E-state index >= 15 is 0 Å². The molecule has 0 bridgehead atoms. The molecule has 108 valence electrons. The Balaban J connectivity index is 1.95. The van der Waals surface area contributed by atoms with Gasteiger partial charge in [0.25, 0.3) is 0 Å². The number of carboxylic acid groups (broad SMARTS) is 1. The van der Waals surface area contributed by atoms with Crippen molar-refractivity contribution in [3.8, 4) is 0 Å². The van der Waals surface area contributed by atoms with Crippen molar-refractivity contribution in [3.05, 3.63) is 35.4 Å². The molecule has 0 spiro atoms. The van der Waals surface area contributed by atoms with Crippen LogP contribution < -0.4 is 5.32 Å². The fourth-order valence-corrected chi connectivity index (χ4v) is 2.12. The molecule has 1 aliphatic rings. The van der Waals surface area contributed by atoms with E-state index in [1.807, 2.05) is 0 Å². The normalized spacial score (nSPS) is 15.7. The fraction of sp³-hybridized carbons (Fsp3) is 0.429. The van der Waals surface area contributed by atoms with Crippen LogP contribution in [0.25, 0.3) is 0 Å². The molecule has 1 amide bonds. The van der Waals surface area contributed by atoms with E-state index in [0.29, 0.717) is 0 Å². The predicted octanol–water partition coefficient (Wildman–Crippen LogP) is 1.88. The Bertz CT molecular complexity index is 529. The van der Waals surface area contributed by atoms with Crippen LogP contribution in [-0.2, 0) is 16.0 Å². The van der Waals surface area contributed by atoms with Crippen LogP contribution in [0.4, 0.5) is 8.78 Å². The van der Waals surface area contributed by atoms with E-state index in [1.54, 1.807) is 0 Å². The number of carbonyl (C=O) groups excluding carboxylic acids is 1. The smallest absolute Gasteiger partial charge is 0.305 e. The van der Waals surface area contributed by atoms with Crippen molar-refractivity contribution in [1.82, 2.24) is 5.32 Å². The minimum absolute atomic E-state index is 0.0915. The standard InChI is InChI=1S/C14H15F2NO3/c15-10-4-3-9(11(16)6-10)5-13(18)17-12(7-14(19)20)8-1-2-8/h3-4,6,8,12H,1-2,5,7H2,(H,17,18)(H,19,20). The van der Waals surface area contributed by atoms with Gasteiger partial charge in [-0.2, -0.15) is 0 Å². The van der Waals surface area contributed by atoms with Gasteiger partial charge in [0.1, 0.15) is 11.6 Å². The Hall–Kier alpha value is -1.98. The molecule has 0 aromatic heterocycles. The number of hydrogen-bond acceptors (Lipinski definition) is 2. The Morgan fingerprint density at radius 1 is 1.35 bits per heavy atom. The monoisotopic (exact) mass is 283 g/mol. The molecule has 0 radical (unpaired) electrons. The highest BCUT2D eigenvalue weighted by Gasteiger charge is 2.33. The third-order valence-electron chi connectivity index (χ3n) is 3.30. The van der Waals surface area contributed by atoms with Gasteiger partial charge in [0.15, 0.2) is 0 Å². The average molecular weight is 283 g/mol. The van der Waals surface area contributed by atoms with Crippen molar-refractivity contribution in [2.75, 3.05) is 0 Å². The highest BCUT2D eigenvalue weighted by atomic mass is 19.1. The summed E-state index contributed by atoms with van der Waals surface area (Å²) in [5, 5.41) is 11.4. The number of amides is 1. The number of carboxylic acids is 1. The van der Waals surface area contributed by atoms with Gasteiger partial charge in [-0.05, 0) is 30.4 Å². The van der Waals surface area contributed by atoms with E-state index in [2.05, 4.69) is 5.32 Å². The lowest BCUT2D eigenvalue weighted by molar-refractivity contribution is -0.137. The first-order chi connectivity index (χ1) is 9.45. The van der Waals surface area contributed by atoms with Crippen molar-refractivity contribution in [2.24, 2.45) is 5.92 Å². The number of aliphatic carboxylic acids is 1. The molecule has 1 fully saturated rings. The number of benzene rings is 1. The third kappa shape index (κ3) is 4.01. The quantitative estimate of drug-likeness (QED) is 0.837. The molecule has 0 saturated heterocycles. The molecule has 1 aliphatic carbocycles. The maximum Gasteiger partial charge on any atom is 0.305 e. The van der Waals surface area contributed by atoms with E-state index in [4.69, 9.17) is 5.11 Å². The number of hydrogen-bond donors (Lipinski definition) is 2. The number of rotatable bonds is 6. The van der Waals surface area contributed by atoms with Gasteiger partial charge in [-0.3, -0.25) is 9.59 Å². The summed E-state index contributed by atoms with van der Waals surface area (Å²) in [6, 6.07) is 2.61. The molecule has 0 heterocycles. The van der Waals surface area contributed by atoms with Gasteiger partial charge in [-0.15, -0.1) is 0 Å². The van der Waals surface area contributed by atoms with Crippen LogP contribution >= 0.6 is 0 Å². The molecular weight excluding hydrogens is 268 g/mol. The SMILES string of the molecule is O=C(O)CC(NC(=O)Cc1ccc(F)cc1F)C1CC1. The Morgan fingerprint density at radius 3 is 2.60 bits per heavy atom. The predicted molar refractivity (Wildman–Crippen MR) is 67.0 cm³/mol. The zero-order chi connectivity index (χ0) is 14.7. The zero-order valence-electron chi connectivity index (χ0n) is 10.7. The second kappa shape index (κ2) is 5.98. The van der Waals surface area contributed by atoms with Gasteiger partial charge in [0, 0.05) is 12.1 Å². The van der Waals surface area contributed by atoms with Crippen LogP contribution in [0.15, 0.2) is 18.2 Å². The lowest BCUT2D eigenvalue weighted by Crippen LogP contribution is -2.39. The van der Waals surface area contributed by atoms with E-state index in [9.17, 15) is 18.4 Å². The summed E-state index contributed by atoms with van der Waals surface area (Å²) in [4.78, 5) is 22.5. The van der Waals surface area contributed by atoms with E-state index in [-0.39, 0.29) is 24.3 Å². The summed E-state index contributed by atoms with van der Waals surface area (Å²) in [5.74, 6) is -2.72. The van der Waals surface area contributed by atoms with Crippen LogP contribution in [0, 0.1) is 17.6 Å². The van der Waals surface area contributed by atoms with Crippen molar-refractivity contribution in [2.45, 2.75) is 31.7 Å². The first-order valence-electron chi connectivity index (χ1n) is 6.41. The molecular formula is C14H15F2NO3. The van der Waals surface area contributed by atoms with Gasteiger partial charge in [0.05, 0.1) is 12.8 Å². The summed E-state index contributed by atoms with van der Waals surface area (Å²) in [7, 11) is 0. The summed E-state index contributed by atoms with van der Waals surface area (Å²) in [6.45, 7) is 0. The second-order valence-electron chi connectivity index (χ2n) is 5.02. The summed E-state index contributed by atoms with van der Waals surface area (Å²) in [6.07, 6.45) is 1.42. The molecule has 1 atom stereocenters. The molecule has 1 unspecified atom stereocenters. The molecule has 4 nitrogen and oxygen atoms in total. The molecule has 20 heavy (non-hydrogen) atoms. The molecule has 1 saturated carbocycles. The van der Waals surface area contributed by atoms with E-state index in [0.717, 1.165) is 25.0 Å². The van der Waals surface area contributed by atoms with Crippen molar-refractivity contribution in [1.29, 1.82) is 0 Å². The maximum absolute atomic E-state index is 13.4. The lowest BCUT2D eigenvalue weighted by Gasteiger charge is -2.16. The Kier molecular flexibility index (Phi) is 4.32. The fourth-order valence-electron chi connectivity index (χ4n) is 2.12. The van der Waals surface area contributed by atoms with Crippen LogP contribution in [-0.4, -0.2) is 23.0 Å². The summed E-state index contributed by atoms with van der Waals surface area (Å²) < 4.78 is 26.2. The second-order valence-corrected chi connectivity index (χ2v) is 5.02. The van der Waals surface area contributed by atoms with E-state index in [1.165, 1.54) is 6.07 Å². The van der Waals surface area contributed by atoms with Crippen molar-refractivity contribution >= 4 is 11.9 Å². The molecule has 6 heteroatoms.